The van der Waals surface area contributed by atoms with Crippen molar-refractivity contribution in [3.8, 4) is 22.8 Å². The summed E-state index contributed by atoms with van der Waals surface area (Å²) in [5.41, 5.74) is 6.82. The molecule has 0 radical (unpaired) electrons. The second-order valence-electron chi connectivity index (χ2n) is 4.23. The maximum atomic E-state index is 9.87. The molecule has 0 saturated carbocycles. The Hall–Kier alpha value is -2.53. The Kier molecular flexibility index (Phi) is 3.04. The molecule has 1 aromatic carbocycles. The van der Waals surface area contributed by atoms with Gasteiger partial charge in [-0.1, -0.05) is 17.7 Å². The van der Waals surface area contributed by atoms with E-state index in [0.29, 0.717) is 27.9 Å². The van der Waals surface area contributed by atoms with Crippen LogP contribution in [0.1, 0.15) is 0 Å². The molecule has 0 saturated heterocycles. The number of benzene rings is 1. The number of nitrogens with two attached hydrogens (primary N) is 1. The number of phenols is 1. The third kappa shape index (κ3) is 2.31. The topological polar surface area (TPSA) is 77.0 Å². The highest BCUT2D eigenvalue weighted by Crippen LogP contribution is 2.30. The van der Waals surface area contributed by atoms with Crippen molar-refractivity contribution in [2.24, 2.45) is 0 Å². The Morgan fingerprint density at radius 2 is 2.00 bits per heavy atom. The van der Waals surface area contributed by atoms with Crippen molar-refractivity contribution in [1.82, 2.24) is 14.8 Å². The molecule has 0 unspecified atom stereocenters. The summed E-state index contributed by atoms with van der Waals surface area (Å²) in [4.78, 5) is 4.18. The van der Waals surface area contributed by atoms with Gasteiger partial charge in [0.1, 0.15) is 11.6 Å². The first-order valence-electron chi connectivity index (χ1n) is 5.91. The molecule has 0 spiro atoms. The van der Waals surface area contributed by atoms with E-state index in [1.807, 2.05) is 0 Å². The van der Waals surface area contributed by atoms with Crippen LogP contribution in [-0.2, 0) is 0 Å². The van der Waals surface area contributed by atoms with Gasteiger partial charge in [-0.05, 0) is 36.4 Å². The zero-order valence-electron chi connectivity index (χ0n) is 10.4. The molecule has 0 amide bonds. The molecule has 20 heavy (non-hydrogen) atoms. The fraction of sp³-hybridized carbons (Fsp3) is 0. The van der Waals surface area contributed by atoms with Crippen molar-refractivity contribution in [2.45, 2.75) is 0 Å². The summed E-state index contributed by atoms with van der Waals surface area (Å²) in [6.07, 6.45) is 1.75. The van der Waals surface area contributed by atoms with Crippen LogP contribution >= 0.6 is 11.6 Å². The van der Waals surface area contributed by atoms with Gasteiger partial charge in [-0.25, -0.2) is 9.67 Å². The standard InChI is InChI=1S/C14H11ClN4O/c15-9-4-5-12(20)10(8-9)11-6-7-19(18-11)14-3-1-2-13(16)17-14/h1-8,20H,(H2,16,17). The highest BCUT2D eigenvalue weighted by atomic mass is 35.5. The minimum absolute atomic E-state index is 0.125. The minimum atomic E-state index is 0.125. The number of hydrogen-bond donors (Lipinski definition) is 2. The number of phenolic OH excluding ortho intramolecular Hbond substituents is 1. The van der Waals surface area contributed by atoms with Crippen molar-refractivity contribution in [3.63, 3.8) is 0 Å². The summed E-state index contributed by atoms with van der Waals surface area (Å²) in [5.74, 6) is 1.16. The molecule has 6 heteroatoms. The van der Waals surface area contributed by atoms with Crippen LogP contribution in [0.3, 0.4) is 0 Å². The second kappa shape index (κ2) is 4.86. The molecule has 3 aromatic rings. The van der Waals surface area contributed by atoms with Gasteiger partial charge in [-0.2, -0.15) is 5.10 Å². The first kappa shape index (κ1) is 12.5. The maximum Gasteiger partial charge on any atom is 0.155 e. The summed E-state index contributed by atoms with van der Waals surface area (Å²) < 4.78 is 1.59. The van der Waals surface area contributed by atoms with Crippen molar-refractivity contribution in [3.05, 3.63) is 53.7 Å². The van der Waals surface area contributed by atoms with Crippen LogP contribution in [0.4, 0.5) is 5.82 Å². The van der Waals surface area contributed by atoms with E-state index < -0.39 is 0 Å². The van der Waals surface area contributed by atoms with Crippen LogP contribution in [0, 0.1) is 0 Å². The van der Waals surface area contributed by atoms with Gasteiger partial charge in [0, 0.05) is 16.8 Å². The summed E-state index contributed by atoms with van der Waals surface area (Å²) in [6, 6.07) is 11.9. The van der Waals surface area contributed by atoms with Gasteiger partial charge >= 0.3 is 0 Å². The van der Waals surface area contributed by atoms with E-state index in [4.69, 9.17) is 17.3 Å². The number of aromatic nitrogens is 3. The van der Waals surface area contributed by atoms with Gasteiger partial charge < -0.3 is 10.8 Å². The number of pyridine rings is 1. The predicted octanol–water partition coefficient (Wildman–Crippen LogP) is 2.88. The number of nitrogens with zero attached hydrogens (tertiary/aromatic N) is 3. The molecular formula is C14H11ClN4O. The fourth-order valence-electron chi connectivity index (χ4n) is 1.88. The Labute approximate surface area is 120 Å². The molecule has 0 aliphatic heterocycles. The van der Waals surface area contributed by atoms with Gasteiger partial charge in [0.2, 0.25) is 0 Å². The van der Waals surface area contributed by atoms with Crippen molar-refractivity contribution in [1.29, 1.82) is 0 Å². The van der Waals surface area contributed by atoms with Crippen LogP contribution in [-0.4, -0.2) is 19.9 Å². The number of hydrogen-bond acceptors (Lipinski definition) is 4. The highest BCUT2D eigenvalue weighted by molar-refractivity contribution is 6.30. The highest BCUT2D eigenvalue weighted by Gasteiger charge is 2.09. The normalized spacial score (nSPS) is 10.7. The molecule has 0 atom stereocenters. The summed E-state index contributed by atoms with van der Waals surface area (Å²) >= 11 is 5.94. The Bertz CT molecular complexity index is 769. The lowest BCUT2D eigenvalue weighted by Gasteiger charge is -2.03. The minimum Gasteiger partial charge on any atom is -0.507 e. The SMILES string of the molecule is Nc1cccc(-n2ccc(-c3cc(Cl)ccc3O)n2)n1. The van der Waals surface area contributed by atoms with Gasteiger partial charge in [-0.15, -0.1) is 0 Å². The van der Waals surface area contributed by atoms with E-state index in [9.17, 15) is 5.11 Å². The number of aromatic hydroxyl groups is 1. The Morgan fingerprint density at radius 1 is 1.15 bits per heavy atom. The summed E-state index contributed by atoms with van der Waals surface area (Å²) in [6.45, 7) is 0. The zero-order valence-corrected chi connectivity index (χ0v) is 11.1. The van der Waals surface area contributed by atoms with E-state index >= 15 is 0 Å². The van der Waals surface area contributed by atoms with E-state index in [1.54, 1.807) is 47.3 Å². The van der Waals surface area contributed by atoms with Crippen molar-refractivity contribution in [2.75, 3.05) is 5.73 Å². The molecule has 2 heterocycles. The van der Waals surface area contributed by atoms with Gasteiger partial charge in [0.25, 0.3) is 0 Å². The molecule has 3 N–H and O–H groups in total. The van der Waals surface area contributed by atoms with Crippen LogP contribution in [0.5, 0.6) is 5.75 Å². The second-order valence-corrected chi connectivity index (χ2v) is 4.66. The number of anilines is 1. The molecule has 5 nitrogen and oxygen atoms in total. The lowest BCUT2D eigenvalue weighted by Crippen LogP contribution is -2.00. The fourth-order valence-corrected chi connectivity index (χ4v) is 2.05. The Balaban J connectivity index is 2.04. The van der Waals surface area contributed by atoms with E-state index in [2.05, 4.69) is 10.1 Å². The van der Waals surface area contributed by atoms with Crippen LogP contribution in [0.15, 0.2) is 48.7 Å². The first-order valence-corrected chi connectivity index (χ1v) is 6.29. The molecule has 2 aromatic heterocycles. The zero-order chi connectivity index (χ0) is 14.1. The number of halogens is 1. The molecule has 0 bridgehead atoms. The molecule has 0 aliphatic rings. The third-order valence-electron chi connectivity index (χ3n) is 2.81. The molecule has 0 fully saturated rings. The smallest absolute Gasteiger partial charge is 0.155 e. The number of rotatable bonds is 2. The lowest BCUT2D eigenvalue weighted by molar-refractivity contribution is 0.477. The summed E-state index contributed by atoms with van der Waals surface area (Å²) in [5, 5.41) is 14.8. The largest absolute Gasteiger partial charge is 0.507 e. The molecular weight excluding hydrogens is 276 g/mol. The van der Waals surface area contributed by atoms with Crippen LogP contribution in [0.25, 0.3) is 17.1 Å². The van der Waals surface area contributed by atoms with Crippen LogP contribution < -0.4 is 5.73 Å². The van der Waals surface area contributed by atoms with E-state index in [0.717, 1.165) is 0 Å². The summed E-state index contributed by atoms with van der Waals surface area (Å²) in [7, 11) is 0. The third-order valence-corrected chi connectivity index (χ3v) is 3.05. The molecule has 0 aliphatic carbocycles. The monoisotopic (exact) mass is 286 g/mol. The van der Waals surface area contributed by atoms with Gasteiger partial charge in [0.05, 0.1) is 5.69 Å². The van der Waals surface area contributed by atoms with Gasteiger partial charge in [-0.3, -0.25) is 0 Å². The molecule has 100 valence electrons. The van der Waals surface area contributed by atoms with Crippen LogP contribution in [0.2, 0.25) is 5.02 Å². The van der Waals surface area contributed by atoms with E-state index in [-0.39, 0.29) is 5.75 Å². The van der Waals surface area contributed by atoms with Crippen molar-refractivity contribution >= 4 is 17.4 Å². The van der Waals surface area contributed by atoms with Gasteiger partial charge in [0.15, 0.2) is 5.82 Å². The Morgan fingerprint density at radius 3 is 2.80 bits per heavy atom. The quantitative estimate of drug-likeness (QED) is 0.759. The first-order chi connectivity index (χ1) is 9.63. The number of nitrogen functional groups attached to an aromatic ring is 1. The average Bonchev–Trinajstić information content (AvgIpc) is 2.91. The average molecular weight is 287 g/mol. The molecule has 3 rings (SSSR count). The van der Waals surface area contributed by atoms with E-state index in [1.165, 1.54) is 6.07 Å². The predicted molar refractivity (Wildman–Crippen MR) is 77.9 cm³/mol. The maximum absolute atomic E-state index is 9.87. The van der Waals surface area contributed by atoms with Crippen molar-refractivity contribution < 1.29 is 5.11 Å². The lowest BCUT2D eigenvalue weighted by atomic mass is 10.1.